The highest BCUT2D eigenvalue weighted by Gasteiger charge is 2.31. The van der Waals surface area contributed by atoms with Crippen LogP contribution < -0.4 is 14.4 Å². The number of methoxy groups -OCH3 is 1. The number of anilines is 1. The number of benzene rings is 2. The molecule has 11 heteroatoms. The summed E-state index contributed by atoms with van der Waals surface area (Å²) < 4.78 is 31.9. The standard InChI is InChI=1S/C25H33Cl2N3O5S/c1-6-7-12-28-25(32)18(3)29(15-19-9-10-20(26)14-21(19)27)24(31)16-30(36(5,33)34)22-13-17(2)8-11-23(22)35-4/h8-11,13-14,18H,6-7,12,15-16H2,1-5H3,(H,28,32)/t18-/m1/s1. The number of aryl methyl sites for hydroxylation is 1. The average Bonchev–Trinajstić information content (AvgIpc) is 2.80. The van der Waals surface area contributed by atoms with E-state index < -0.39 is 28.5 Å². The minimum absolute atomic E-state index is 0.0141. The second-order valence-electron chi connectivity index (χ2n) is 8.52. The first kappa shape index (κ1) is 29.7. The van der Waals surface area contributed by atoms with Crippen LogP contribution in [0, 0.1) is 6.92 Å². The Balaban J connectivity index is 2.46. The molecule has 2 aromatic carbocycles. The number of unbranched alkanes of at least 4 members (excludes halogenated alkanes) is 1. The zero-order valence-electron chi connectivity index (χ0n) is 21.2. The molecule has 2 amide bonds. The summed E-state index contributed by atoms with van der Waals surface area (Å²) in [6.07, 6.45) is 2.72. The van der Waals surface area contributed by atoms with E-state index >= 15 is 0 Å². The van der Waals surface area contributed by atoms with Crippen molar-refractivity contribution in [2.75, 3.05) is 30.8 Å². The Morgan fingerprint density at radius 2 is 1.83 bits per heavy atom. The molecule has 0 saturated carbocycles. The van der Waals surface area contributed by atoms with E-state index in [0.29, 0.717) is 27.9 Å². The van der Waals surface area contributed by atoms with Crippen molar-refractivity contribution in [3.05, 3.63) is 57.6 Å². The summed E-state index contributed by atoms with van der Waals surface area (Å²) in [6, 6.07) is 9.02. The lowest BCUT2D eigenvalue weighted by Gasteiger charge is -2.32. The first-order chi connectivity index (χ1) is 16.9. The van der Waals surface area contributed by atoms with Crippen LogP contribution >= 0.6 is 23.2 Å². The number of ether oxygens (including phenoxy) is 1. The molecule has 1 atom stereocenters. The molecule has 0 spiro atoms. The van der Waals surface area contributed by atoms with E-state index in [1.165, 1.54) is 12.0 Å². The second kappa shape index (κ2) is 13.2. The normalized spacial score (nSPS) is 12.1. The van der Waals surface area contributed by atoms with Crippen LogP contribution in [0.15, 0.2) is 36.4 Å². The fourth-order valence-electron chi connectivity index (χ4n) is 3.54. The van der Waals surface area contributed by atoms with E-state index in [0.717, 1.165) is 29.0 Å². The number of rotatable bonds is 12. The van der Waals surface area contributed by atoms with Crippen LogP contribution in [-0.4, -0.2) is 57.6 Å². The Bertz CT molecular complexity index is 1190. The van der Waals surface area contributed by atoms with Gasteiger partial charge in [-0.1, -0.05) is 48.7 Å². The molecule has 198 valence electrons. The fourth-order valence-corrected chi connectivity index (χ4v) is 4.85. The van der Waals surface area contributed by atoms with Gasteiger partial charge in [-0.15, -0.1) is 0 Å². The van der Waals surface area contributed by atoms with Crippen LogP contribution in [0.5, 0.6) is 5.75 Å². The molecule has 0 aliphatic rings. The largest absolute Gasteiger partial charge is 0.495 e. The van der Waals surface area contributed by atoms with Crippen molar-refractivity contribution < 1.29 is 22.7 Å². The fraction of sp³-hybridized carbons (Fsp3) is 0.440. The van der Waals surface area contributed by atoms with E-state index in [1.807, 2.05) is 13.8 Å². The van der Waals surface area contributed by atoms with Gasteiger partial charge < -0.3 is 15.0 Å². The molecule has 0 fully saturated rings. The Kier molecular flexibility index (Phi) is 10.9. The number of hydrogen-bond donors (Lipinski definition) is 1. The van der Waals surface area contributed by atoms with Gasteiger partial charge in [0.2, 0.25) is 21.8 Å². The summed E-state index contributed by atoms with van der Waals surface area (Å²) in [4.78, 5) is 27.8. The first-order valence-corrected chi connectivity index (χ1v) is 14.1. The van der Waals surface area contributed by atoms with E-state index in [4.69, 9.17) is 27.9 Å². The maximum Gasteiger partial charge on any atom is 0.244 e. The Morgan fingerprint density at radius 1 is 1.14 bits per heavy atom. The molecular weight excluding hydrogens is 525 g/mol. The van der Waals surface area contributed by atoms with Gasteiger partial charge in [0, 0.05) is 23.1 Å². The van der Waals surface area contributed by atoms with Crippen molar-refractivity contribution in [3.8, 4) is 5.75 Å². The lowest BCUT2D eigenvalue weighted by molar-refractivity contribution is -0.139. The maximum atomic E-state index is 13.6. The third-order valence-corrected chi connectivity index (χ3v) is 7.35. The quantitative estimate of drug-likeness (QED) is 0.390. The van der Waals surface area contributed by atoms with Gasteiger partial charge in [-0.05, 0) is 55.7 Å². The molecule has 0 aliphatic heterocycles. The van der Waals surface area contributed by atoms with Crippen molar-refractivity contribution in [1.29, 1.82) is 0 Å². The molecular formula is C25H33Cl2N3O5S. The van der Waals surface area contributed by atoms with Gasteiger partial charge in [-0.2, -0.15) is 0 Å². The summed E-state index contributed by atoms with van der Waals surface area (Å²) in [5, 5.41) is 3.60. The summed E-state index contributed by atoms with van der Waals surface area (Å²) in [5.41, 5.74) is 1.60. The molecule has 0 aromatic heterocycles. The van der Waals surface area contributed by atoms with Crippen LogP contribution in [-0.2, 0) is 26.2 Å². The molecule has 2 aromatic rings. The Hall–Kier alpha value is -2.49. The minimum Gasteiger partial charge on any atom is -0.495 e. The van der Waals surface area contributed by atoms with Crippen LogP contribution in [0.4, 0.5) is 5.69 Å². The van der Waals surface area contributed by atoms with Gasteiger partial charge in [0.25, 0.3) is 0 Å². The van der Waals surface area contributed by atoms with Gasteiger partial charge in [0.15, 0.2) is 0 Å². The highest BCUT2D eigenvalue weighted by atomic mass is 35.5. The van der Waals surface area contributed by atoms with E-state index in [2.05, 4.69) is 5.32 Å². The zero-order chi connectivity index (χ0) is 27.0. The molecule has 0 saturated heterocycles. The SMILES string of the molecule is CCCCNC(=O)[C@@H](C)N(Cc1ccc(Cl)cc1Cl)C(=O)CN(c1cc(C)ccc1OC)S(C)(=O)=O. The lowest BCUT2D eigenvalue weighted by Crippen LogP contribution is -2.51. The van der Waals surface area contributed by atoms with Crippen molar-refractivity contribution in [2.45, 2.75) is 46.2 Å². The summed E-state index contributed by atoms with van der Waals surface area (Å²) in [7, 11) is -2.46. The van der Waals surface area contributed by atoms with Gasteiger partial charge in [0.05, 0.1) is 19.1 Å². The third kappa shape index (κ3) is 8.01. The molecule has 0 radical (unpaired) electrons. The summed E-state index contributed by atoms with van der Waals surface area (Å²) in [5.74, 6) is -0.620. The molecule has 36 heavy (non-hydrogen) atoms. The predicted molar refractivity (Wildman–Crippen MR) is 144 cm³/mol. The topological polar surface area (TPSA) is 96.0 Å². The molecule has 0 aliphatic carbocycles. The molecule has 8 nitrogen and oxygen atoms in total. The second-order valence-corrected chi connectivity index (χ2v) is 11.3. The monoisotopic (exact) mass is 557 g/mol. The smallest absolute Gasteiger partial charge is 0.244 e. The number of sulfonamides is 1. The molecule has 0 heterocycles. The van der Waals surface area contributed by atoms with Crippen LogP contribution in [0.2, 0.25) is 10.0 Å². The zero-order valence-corrected chi connectivity index (χ0v) is 23.5. The lowest BCUT2D eigenvalue weighted by atomic mass is 10.1. The van der Waals surface area contributed by atoms with Gasteiger partial charge in [0.1, 0.15) is 18.3 Å². The highest BCUT2D eigenvalue weighted by molar-refractivity contribution is 7.92. The maximum absolute atomic E-state index is 13.6. The van der Waals surface area contributed by atoms with E-state index in [9.17, 15) is 18.0 Å². The molecule has 1 N–H and O–H groups in total. The Morgan fingerprint density at radius 3 is 2.42 bits per heavy atom. The van der Waals surface area contributed by atoms with Crippen molar-refractivity contribution in [2.24, 2.45) is 0 Å². The van der Waals surface area contributed by atoms with Gasteiger partial charge in [-0.3, -0.25) is 13.9 Å². The van der Waals surface area contributed by atoms with Gasteiger partial charge in [-0.25, -0.2) is 8.42 Å². The molecule has 0 bridgehead atoms. The van der Waals surface area contributed by atoms with Crippen molar-refractivity contribution in [3.63, 3.8) is 0 Å². The average molecular weight is 559 g/mol. The Labute approximate surface area is 223 Å². The van der Waals surface area contributed by atoms with Crippen LogP contribution in [0.25, 0.3) is 0 Å². The number of hydrogen-bond acceptors (Lipinski definition) is 5. The van der Waals surface area contributed by atoms with Crippen molar-refractivity contribution in [1.82, 2.24) is 10.2 Å². The number of halogens is 2. The predicted octanol–water partition coefficient (Wildman–Crippen LogP) is 4.41. The van der Waals surface area contributed by atoms with Crippen molar-refractivity contribution >= 4 is 50.7 Å². The highest BCUT2D eigenvalue weighted by Crippen LogP contribution is 2.31. The molecule has 0 unspecified atom stereocenters. The number of nitrogens with one attached hydrogen (secondary N) is 1. The van der Waals surface area contributed by atoms with Gasteiger partial charge >= 0.3 is 0 Å². The number of carbonyl (C=O) groups is 2. The van der Waals surface area contributed by atoms with E-state index in [1.54, 1.807) is 43.3 Å². The summed E-state index contributed by atoms with van der Waals surface area (Å²) >= 11 is 12.4. The number of amides is 2. The molecule has 2 rings (SSSR count). The third-order valence-electron chi connectivity index (χ3n) is 5.63. The number of nitrogens with zero attached hydrogens (tertiary/aromatic N) is 2. The van der Waals surface area contributed by atoms with Crippen LogP contribution in [0.1, 0.15) is 37.8 Å². The van der Waals surface area contributed by atoms with E-state index in [-0.39, 0.29) is 18.1 Å². The first-order valence-electron chi connectivity index (χ1n) is 11.5. The number of carbonyl (C=O) groups excluding carboxylic acids is 2. The van der Waals surface area contributed by atoms with Crippen LogP contribution in [0.3, 0.4) is 0 Å². The summed E-state index contributed by atoms with van der Waals surface area (Å²) in [6.45, 7) is 5.34. The minimum atomic E-state index is -3.88.